The van der Waals surface area contributed by atoms with Crippen LogP contribution in [0.3, 0.4) is 0 Å². The maximum absolute atomic E-state index is 5.77. The molecule has 0 spiro atoms. The van der Waals surface area contributed by atoms with Gasteiger partial charge in [0, 0.05) is 5.92 Å². The molecule has 1 saturated heterocycles. The fourth-order valence-corrected chi connectivity index (χ4v) is 1.98. The number of nitrogens with zero attached hydrogens (tertiary/aromatic N) is 2. The minimum atomic E-state index is 0.291. The number of aromatic nitrogens is 1. The van der Waals surface area contributed by atoms with Gasteiger partial charge in [-0.15, -0.1) is 0 Å². The lowest BCUT2D eigenvalue weighted by atomic mass is 9.94. The van der Waals surface area contributed by atoms with E-state index in [4.69, 9.17) is 21.9 Å². The lowest BCUT2D eigenvalue weighted by molar-refractivity contribution is 0.231. The summed E-state index contributed by atoms with van der Waals surface area (Å²) < 4.78 is 5.14. The molecule has 5 heteroatoms. The summed E-state index contributed by atoms with van der Waals surface area (Å²) in [5.74, 6) is 1.15. The number of nitrogens with two attached hydrogens (primary N) is 1. The minimum Gasteiger partial charge on any atom is -0.393 e. The highest BCUT2D eigenvalue weighted by Crippen LogP contribution is 2.34. The van der Waals surface area contributed by atoms with Crippen molar-refractivity contribution >= 4 is 17.3 Å². The van der Waals surface area contributed by atoms with Crippen LogP contribution >= 0.6 is 11.6 Å². The molecule has 0 atom stereocenters. The summed E-state index contributed by atoms with van der Waals surface area (Å²) in [6.45, 7) is 2.14. The maximum Gasteiger partial charge on any atom is 0.195 e. The highest BCUT2D eigenvalue weighted by atomic mass is 35.5. The quantitative estimate of drug-likeness (QED) is 0.775. The van der Waals surface area contributed by atoms with E-state index in [0.29, 0.717) is 16.8 Å². The molecule has 1 aliphatic heterocycles. The average Bonchev–Trinajstić information content (AvgIpc) is 2.50. The van der Waals surface area contributed by atoms with Crippen molar-refractivity contribution in [3.8, 4) is 0 Å². The predicted octanol–water partition coefficient (Wildman–Crippen LogP) is 1.72. The standard InChI is InChI=1S/C9H14ClN3O/c1-13-4-2-6(3-5-13)8-7(11)9(10)12-14-8/h6H,2-5,11H2,1H3. The van der Waals surface area contributed by atoms with E-state index in [1.165, 1.54) is 0 Å². The Morgan fingerprint density at radius 1 is 1.50 bits per heavy atom. The van der Waals surface area contributed by atoms with E-state index < -0.39 is 0 Å². The van der Waals surface area contributed by atoms with Crippen LogP contribution in [0.4, 0.5) is 5.69 Å². The van der Waals surface area contributed by atoms with Gasteiger partial charge >= 0.3 is 0 Å². The summed E-state index contributed by atoms with van der Waals surface area (Å²) in [6.07, 6.45) is 2.12. The monoisotopic (exact) mass is 215 g/mol. The van der Waals surface area contributed by atoms with E-state index in [1.54, 1.807) is 0 Å². The smallest absolute Gasteiger partial charge is 0.195 e. The molecular weight excluding hydrogens is 202 g/mol. The first-order valence-electron chi connectivity index (χ1n) is 4.77. The van der Waals surface area contributed by atoms with Crippen molar-refractivity contribution < 1.29 is 4.52 Å². The number of piperidine rings is 1. The summed E-state index contributed by atoms with van der Waals surface area (Å²) >= 11 is 5.74. The largest absolute Gasteiger partial charge is 0.393 e. The molecule has 1 aromatic rings. The summed E-state index contributed by atoms with van der Waals surface area (Å²) in [4.78, 5) is 2.30. The molecule has 0 bridgehead atoms. The molecule has 2 rings (SSSR count). The number of rotatable bonds is 1. The van der Waals surface area contributed by atoms with E-state index in [2.05, 4.69) is 17.1 Å². The molecule has 14 heavy (non-hydrogen) atoms. The van der Waals surface area contributed by atoms with E-state index in [1.807, 2.05) is 0 Å². The summed E-state index contributed by atoms with van der Waals surface area (Å²) in [7, 11) is 2.12. The number of hydrogen-bond acceptors (Lipinski definition) is 4. The van der Waals surface area contributed by atoms with Crippen LogP contribution < -0.4 is 5.73 Å². The van der Waals surface area contributed by atoms with Crippen LogP contribution in [-0.2, 0) is 0 Å². The number of nitrogen functional groups attached to an aromatic ring is 1. The number of likely N-dealkylation sites (tertiary alicyclic amines) is 1. The zero-order chi connectivity index (χ0) is 10.1. The van der Waals surface area contributed by atoms with Crippen molar-refractivity contribution in [1.29, 1.82) is 0 Å². The predicted molar refractivity (Wildman–Crippen MR) is 55.4 cm³/mol. The van der Waals surface area contributed by atoms with Crippen molar-refractivity contribution in [1.82, 2.24) is 10.1 Å². The van der Waals surface area contributed by atoms with Crippen LogP contribution in [0.15, 0.2) is 4.52 Å². The first kappa shape index (κ1) is 9.80. The average molecular weight is 216 g/mol. The molecule has 1 fully saturated rings. The van der Waals surface area contributed by atoms with Gasteiger partial charge in [-0.05, 0) is 33.0 Å². The van der Waals surface area contributed by atoms with Gasteiger partial charge in [0.25, 0.3) is 0 Å². The zero-order valence-electron chi connectivity index (χ0n) is 8.16. The van der Waals surface area contributed by atoms with Crippen LogP contribution in [0.1, 0.15) is 24.5 Å². The van der Waals surface area contributed by atoms with Gasteiger partial charge in [-0.3, -0.25) is 0 Å². The maximum atomic E-state index is 5.77. The fraction of sp³-hybridized carbons (Fsp3) is 0.667. The summed E-state index contributed by atoms with van der Waals surface area (Å²) in [5.41, 5.74) is 6.28. The van der Waals surface area contributed by atoms with Crippen LogP contribution in [0.2, 0.25) is 5.15 Å². The summed E-state index contributed by atoms with van der Waals surface area (Å²) in [6, 6.07) is 0. The highest BCUT2D eigenvalue weighted by Gasteiger charge is 2.25. The van der Waals surface area contributed by atoms with Crippen LogP contribution in [0.5, 0.6) is 0 Å². The molecule has 4 nitrogen and oxygen atoms in total. The molecule has 0 unspecified atom stereocenters. The molecule has 1 aromatic heterocycles. The Morgan fingerprint density at radius 3 is 2.64 bits per heavy atom. The SMILES string of the molecule is CN1CCC(c2onc(Cl)c2N)CC1. The molecule has 0 amide bonds. The van der Waals surface area contributed by atoms with Gasteiger partial charge in [0.1, 0.15) is 5.69 Å². The van der Waals surface area contributed by atoms with Gasteiger partial charge in [0.05, 0.1) is 0 Å². The van der Waals surface area contributed by atoms with Gasteiger partial charge in [-0.2, -0.15) is 0 Å². The van der Waals surface area contributed by atoms with Crippen LogP contribution in [0.25, 0.3) is 0 Å². The third kappa shape index (κ3) is 1.72. The molecular formula is C9H14ClN3O. The number of halogens is 1. The Hall–Kier alpha value is -0.740. The molecule has 2 N–H and O–H groups in total. The van der Waals surface area contributed by atoms with Gasteiger partial charge < -0.3 is 15.2 Å². The highest BCUT2D eigenvalue weighted by molar-refractivity contribution is 6.31. The first-order valence-corrected chi connectivity index (χ1v) is 5.15. The molecule has 78 valence electrons. The Balaban J connectivity index is 2.12. The third-order valence-corrected chi connectivity index (χ3v) is 3.07. The fourth-order valence-electron chi connectivity index (χ4n) is 1.85. The van der Waals surface area contributed by atoms with E-state index in [0.717, 1.165) is 31.7 Å². The molecule has 0 saturated carbocycles. The van der Waals surface area contributed by atoms with Crippen molar-refractivity contribution in [3.63, 3.8) is 0 Å². The molecule has 1 aliphatic rings. The Bertz CT molecular complexity index is 318. The second-order valence-corrected chi connectivity index (χ2v) is 4.19. The van der Waals surface area contributed by atoms with E-state index in [-0.39, 0.29) is 0 Å². The van der Waals surface area contributed by atoms with Gasteiger partial charge in [0.2, 0.25) is 0 Å². The Kier molecular flexibility index (Phi) is 2.65. The van der Waals surface area contributed by atoms with Gasteiger partial charge in [0.15, 0.2) is 10.9 Å². The Labute approximate surface area is 88.0 Å². The molecule has 0 aliphatic carbocycles. The van der Waals surface area contributed by atoms with Crippen molar-refractivity contribution in [2.45, 2.75) is 18.8 Å². The zero-order valence-corrected chi connectivity index (χ0v) is 8.92. The normalized spacial score (nSPS) is 20.1. The van der Waals surface area contributed by atoms with Crippen LogP contribution in [-0.4, -0.2) is 30.2 Å². The topological polar surface area (TPSA) is 55.3 Å². The molecule has 2 heterocycles. The second kappa shape index (κ2) is 3.79. The Morgan fingerprint density at radius 2 is 2.14 bits per heavy atom. The first-order chi connectivity index (χ1) is 6.68. The lowest BCUT2D eigenvalue weighted by Crippen LogP contribution is -2.29. The van der Waals surface area contributed by atoms with Gasteiger partial charge in [-0.25, -0.2) is 0 Å². The summed E-state index contributed by atoms with van der Waals surface area (Å²) in [5, 5.41) is 3.95. The number of hydrogen-bond donors (Lipinski definition) is 1. The van der Waals surface area contributed by atoms with E-state index >= 15 is 0 Å². The number of anilines is 1. The molecule has 0 radical (unpaired) electrons. The van der Waals surface area contributed by atoms with Crippen molar-refractivity contribution in [2.24, 2.45) is 0 Å². The van der Waals surface area contributed by atoms with Gasteiger partial charge in [-0.1, -0.05) is 16.8 Å². The second-order valence-electron chi connectivity index (χ2n) is 3.83. The van der Waals surface area contributed by atoms with Crippen molar-refractivity contribution in [2.75, 3.05) is 25.9 Å². The lowest BCUT2D eigenvalue weighted by Gasteiger charge is -2.27. The minimum absolute atomic E-state index is 0.291. The van der Waals surface area contributed by atoms with Crippen LogP contribution in [0, 0.1) is 0 Å². The van der Waals surface area contributed by atoms with E-state index in [9.17, 15) is 0 Å². The van der Waals surface area contributed by atoms with Crippen molar-refractivity contribution in [3.05, 3.63) is 10.9 Å². The third-order valence-electron chi connectivity index (χ3n) is 2.80. The molecule has 0 aromatic carbocycles.